The summed E-state index contributed by atoms with van der Waals surface area (Å²) < 4.78 is 4.95. The van der Waals surface area contributed by atoms with E-state index in [1.165, 1.54) is 12.5 Å². The Morgan fingerprint density at radius 1 is 1.27 bits per heavy atom. The molecule has 0 radical (unpaired) electrons. The first-order chi connectivity index (χ1) is 14.1. The molecule has 0 bridgehead atoms. The predicted molar refractivity (Wildman–Crippen MR) is 121 cm³/mol. The van der Waals surface area contributed by atoms with Gasteiger partial charge < -0.3 is 9.64 Å². The first-order valence-electron chi connectivity index (χ1n) is 10.2. The van der Waals surface area contributed by atoms with Crippen molar-refractivity contribution in [2.45, 2.75) is 53.1 Å². The standard InChI is InChI=1S/C23H28N2O4S/c1-7-24-18-10-9-16(11-17(18)14(3)13-23(24,5)6)12-19-20(26)25(22(28)30-19)15(4)21(27)29-8-2/h9-13,15H,7-8H2,1-6H3/b19-12-. The van der Waals surface area contributed by atoms with Crippen molar-refractivity contribution >= 4 is 46.2 Å². The molecule has 7 heteroatoms. The molecule has 1 atom stereocenters. The molecule has 1 aromatic carbocycles. The number of carbonyl (C=O) groups is 3. The van der Waals surface area contributed by atoms with Gasteiger partial charge in [0.25, 0.3) is 11.1 Å². The highest BCUT2D eigenvalue weighted by molar-refractivity contribution is 8.18. The molecule has 1 unspecified atom stereocenters. The molecule has 2 heterocycles. The number of fused-ring (bicyclic) bond motifs is 1. The molecule has 2 amide bonds. The van der Waals surface area contributed by atoms with E-state index < -0.39 is 23.2 Å². The van der Waals surface area contributed by atoms with Gasteiger partial charge in [0.15, 0.2) is 0 Å². The zero-order valence-corrected chi connectivity index (χ0v) is 19.1. The first kappa shape index (κ1) is 22.2. The average molecular weight is 429 g/mol. The van der Waals surface area contributed by atoms with Crippen LogP contribution >= 0.6 is 11.8 Å². The van der Waals surface area contributed by atoms with Crippen molar-refractivity contribution in [2.75, 3.05) is 18.1 Å². The molecule has 160 valence electrons. The highest BCUT2D eigenvalue weighted by Gasteiger charge is 2.41. The van der Waals surface area contributed by atoms with Crippen LogP contribution in [0, 0.1) is 0 Å². The number of hydrogen-bond acceptors (Lipinski definition) is 6. The van der Waals surface area contributed by atoms with Crippen molar-refractivity contribution in [3.05, 3.63) is 40.3 Å². The Morgan fingerprint density at radius 2 is 1.97 bits per heavy atom. The van der Waals surface area contributed by atoms with Crippen LogP contribution < -0.4 is 4.90 Å². The molecule has 30 heavy (non-hydrogen) atoms. The summed E-state index contributed by atoms with van der Waals surface area (Å²) in [4.78, 5) is 40.8. The second kappa shape index (κ2) is 8.30. The summed E-state index contributed by atoms with van der Waals surface area (Å²) in [5, 5.41) is -0.459. The Labute approximate surface area is 181 Å². The number of thioether (sulfide) groups is 1. The lowest BCUT2D eigenvalue weighted by Crippen LogP contribution is -2.44. The molecule has 1 aromatic rings. The largest absolute Gasteiger partial charge is 0.464 e. The van der Waals surface area contributed by atoms with Gasteiger partial charge in [0.2, 0.25) is 0 Å². The van der Waals surface area contributed by atoms with Gasteiger partial charge in [-0.05, 0) is 82.6 Å². The summed E-state index contributed by atoms with van der Waals surface area (Å²) in [5.74, 6) is -1.05. The molecular weight excluding hydrogens is 400 g/mol. The molecule has 0 spiro atoms. The Hall–Kier alpha value is -2.54. The monoisotopic (exact) mass is 428 g/mol. The highest BCUT2D eigenvalue weighted by Crippen LogP contribution is 2.40. The van der Waals surface area contributed by atoms with Crippen LogP contribution in [0.25, 0.3) is 11.6 Å². The van der Waals surface area contributed by atoms with Crippen LogP contribution in [0.5, 0.6) is 0 Å². The van der Waals surface area contributed by atoms with E-state index in [1.807, 2.05) is 12.1 Å². The predicted octanol–water partition coefficient (Wildman–Crippen LogP) is 4.70. The number of allylic oxidation sites excluding steroid dienone is 1. The van der Waals surface area contributed by atoms with Crippen LogP contribution in [0.3, 0.4) is 0 Å². The third-order valence-corrected chi connectivity index (χ3v) is 6.34. The van der Waals surface area contributed by atoms with Gasteiger partial charge in [-0.1, -0.05) is 12.1 Å². The van der Waals surface area contributed by atoms with Crippen molar-refractivity contribution in [3.8, 4) is 0 Å². The smallest absolute Gasteiger partial charge is 0.329 e. The van der Waals surface area contributed by atoms with E-state index in [9.17, 15) is 14.4 Å². The molecule has 1 fully saturated rings. The Morgan fingerprint density at radius 3 is 2.60 bits per heavy atom. The maximum absolute atomic E-state index is 12.8. The van der Waals surface area contributed by atoms with Gasteiger partial charge in [0, 0.05) is 17.8 Å². The third kappa shape index (κ3) is 3.90. The van der Waals surface area contributed by atoms with Gasteiger partial charge >= 0.3 is 5.97 Å². The van der Waals surface area contributed by atoms with Gasteiger partial charge in [0.1, 0.15) is 6.04 Å². The third-order valence-electron chi connectivity index (χ3n) is 5.45. The second-order valence-electron chi connectivity index (χ2n) is 7.98. The van der Waals surface area contributed by atoms with Crippen molar-refractivity contribution in [1.29, 1.82) is 0 Å². The molecular formula is C23H28N2O4S. The highest BCUT2D eigenvalue weighted by atomic mass is 32.2. The second-order valence-corrected chi connectivity index (χ2v) is 8.97. The van der Waals surface area contributed by atoms with Crippen molar-refractivity contribution in [3.63, 3.8) is 0 Å². The van der Waals surface area contributed by atoms with Crippen LogP contribution in [0.4, 0.5) is 10.5 Å². The summed E-state index contributed by atoms with van der Waals surface area (Å²) in [6.07, 6.45) is 3.96. The van der Waals surface area contributed by atoms with Crippen molar-refractivity contribution in [2.24, 2.45) is 0 Å². The summed E-state index contributed by atoms with van der Waals surface area (Å²) in [5.41, 5.74) is 4.22. The summed E-state index contributed by atoms with van der Waals surface area (Å²) in [6.45, 7) is 12.9. The molecule has 3 rings (SSSR count). The fourth-order valence-corrected chi connectivity index (χ4v) is 5.01. The fourth-order valence-electron chi connectivity index (χ4n) is 4.10. The molecule has 0 saturated carbocycles. The minimum absolute atomic E-state index is 0.0702. The number of imide groups is 1. The molecule has 1 saturated heterocycles. The van der Waals surface area contributed by atoms with Crippen LogP contribution in [-0.4, -0.2) is 46.7 Å². The molecule has 2 aliphatic heterocycles. The maximum atomic E-state index is 12.8. The Bertz CT molecular complexity index is 964. The summed E-state index contributed by atoms with van der Waals surface area (Å²) in [6, 6.07) is 5.12. The average Bonchev–Trinajstić information content (AvgIpc) is 2.94. The number of anilines is 1. The molecule has 6 nitrogen and oxygen atoms in total. The number of likely N-dealkylation sites (N-methyl/N-ethyl adjacent to an activating group) is 1. The summed E-state index contributed by atoms with van der Waals surface area (Å²) in [7, 11) is 0. The molecule has 0 N–H and O–H groups in total. The van der Waals surface area contributed by atoms with E-state index in [4.69, 9.17) is 4.74 Å². The number of amides is 2. The van der Waals surface area contributed by atoms with E-state index in [2.05, 4.69) is 44.7 Å². The number of esters is 1. The van der Waals surface area contributed by atoms with Gasteiger partial charge in [0.05, 0.1) is 17.1 Å². The van der Waals surface area contributed by atoms with Gasteiger partial charge in [-0.15, -0.1) is 0 Å². The van der Waals surface area contributed by atoms with Gasteiger partial charge in [-0.2, -0.15) is 0 Å². The number of carbonyl (C=O) groups excluding carboxylic acids is 3. The normalized spacial score (nSPS) is 20.3. The lowest BCUT2D eigenvalue weighted by molar-refractivity contribution is -0.150. The lowest BCUT2D eigenvalue weighted by Gasteiger charge is -2.42. The van der Waals surface area contributed by atoms with Crippen LogP contribution in [0.15, 0.2) is 29.2 Å². The molecule has 2 aliphatic rings. The number of rotatable bonds is 5. The van der Waals surface area contributed by atoms with Crippen LogP contribution in [0.2, 0.25) is 0 Å². The van der Waals surface area contributed by atoms with Crippen LogP contribution in [0.1, 0.15) is 52.7 Å². The van der Waals surface area contributed by atoms with E-state index in [0.717, 1.165) is 40.0 Å². The first-order valence-corrected chi connectivity index (χ1v) is 11.0. The lowest BCUT2D eigenvalue weighted by atomic mass is 9.88. The zero-order chi connectivity index (χ0) is 22.2. The minimum atomic E-state index is -0.947. The number of ether oxygens (including phenoxy) is 1. The van der Waals surface area contributed by atoms with E-state index >= 15 is 0 Å². The van der Waals surface area contributed by atoms with Crippen LogP contribution in [-0.2, 0) is 14.3 Å². The van der Waals surface area contributed by atoms with E-state index in [-0.39, 0.29) is 12.1 Å². The van der Waals surface area contributed by atoms with Gasteiger partial charge in [-0.25, -0.2) is 4.79 Å². The quantitative estimate of drug-likeness (QED) is 0.500. The fraction of sp³-hybridized carbons (Fsp3) is 0.435. The number of nitrogens with zero attached hydrogens (tertiary/aromatic N) is 2. The SMILES string of the molecule is CCOC(=O)C(C)N1C(=O)S/C(=C\c2ccc3c(c2)C(C)=CC(C)(C)N3CC)C1=O. The van der Waals surface area contributed by atoms with Gasteiger partial charge in [-0.3, -0.25) is 14.5 Å². The topological polar surface area (TPSA) is 66.9 Å². The van der Waals surface area contributed by atoms with Crippen molar-refractivity contribution < 1.29 is 19.1 Å². The Balaban J connectivity index is 1.92. The van der Waals surface area contributed by atoms with E-state index in [0.29, 0.717) is 4.91 Å². The Kier molecular flexibility index (Phi) is 6.13. The number of hydrogen-bond donors (Lipinski definition) is 0. The molecule has 0 aliphatic carbocycles. The van der Waals surface area contributed by atoms with E-state index in [1.54, 1.807) is 13.0 Å². The minimum Gasteiger partial charge on any atom is -0.464 e. The summed E-state index contributed by atoms with van der Waals surface area (Å²) >= 11 is 0.849. The van der Waals surface area contributed by atoms with Crippen molar-refractivity contribution in [1.82, 2.24) is 4.90 Å². The molecule has 0 aromatic heterocycles. The zero-order valence-electron chi connectivity index (χ0n) is 18.3. The maximum Gasteiger partial charge on any atom is 0.329 e. The number of benzene rings is 1.